The minimum atomic E-state index is -4.54. The quantitative estimate of drug-likeness (QED) is 0.368. The van der Waals surface area contributed by atoms with Crippen molar-refractivity contribution >= 4 is 34.4 Å². The first kappa shape index (κ1) is 24.2. The summed E-state index contributed by atoms with van der Waals surface area (Å²) in [5.41, 5.74) is 0.673. The maximum Gasteiger partial charge on any atom is 0.418 e. The summed E-state index contributed by atoms with van der Waals surface area (Å²) in [5.74, 6) is 0.151. The number of hydrogen-bond donors (Lipinski definition) is 3. The molecule has 4 heterocycles. The summed E-state index contributed by atoms with van der Waals surface area (Å²) in [6.07, 6.45) is -2.78. The topological polar surface area (TPSA) is 142 Å². The van der Waals surface area contributed by atoms with E-state index in [9.17, 15) is 22.8 Å². The van der Waals surface area contributed by atoms with Gasteiger partial charge in [-0.05, 0) is 25.5 Å². The fourth-order valence-corrected chi connectivity index (χ4v) is 4.09. The number of imidazole rings is 1. The van der Waals surface area contributed by atoms with Gasteiger partial charge in [0.1, 0.15) is 23.5 Å². The monoisotopic (exact) mass is 514 g/mol. The molecule has 1 aromatic carbocycles. The Morgan fingerprint density at radius 3 is 2.70 bits per heavy atom. The molecule has 0 saturated carbocycles. The fraction of sp³-hybridized carbons (Fsp3) is 0.304. The van der Waals surface area contributed by atoms with Gasteiger partial charge in [-0.3, -0.25) is 9.59 Å². The Balaban J connectivity index is 1.38. The van der Waals surface area contributed by atoms with Crippen molar-refractivity contribution in [1.82, 2.24) is 30.4 Å². The largest absolute Gasteiger partial charge is 0.418 e. The zero-order valence-corrected chi connectivity index (χ0v) is 19.9. The van der Waals surface area contributed by atoms with E-state index in [1.54, 1.807) is 6.92 Å². The standard InChI is InChI=1S/C23H21F3N8O3/c1-10(29-22(36)19-11-4-5-18(35)32-20(11)28-9-27-19)17-8-15(33-37-17)21-30-13-6-12(23(24,25)26)16(34(2)3)7-14(13)31-21/h6-10H,4-5H2,1-3H3,(H,29,36)(H,30,31)(H,27,28,32,35)/t10-/m1/s1. The van der Waals surface area contributed by atoms with Crippen molar-refractivity contribution in [3.8, 4) is 11.5 Å². The van der Waals surface area contributed by atoms with Gasteiger partial charge in [0.15, 0.2) is 11.6 Å². The molecule has 0 radical (unpaired) electrons. The van der Waals surface area contributed by atoms with Gasteiger partial charge in [-0.25, -0.2) is 15.0 Å². The van der Waals surface area contributed by atoms with E-state index in [2.05, 4.69) is 35.7 Å². The minimum absolute atomic E-state index is 0.0123. The molecular weight excluding hydrogens is 493 g/mol. The van der Waals surface area contributed by atoms with Crippen molar-refractivity contribution in [3.63, 3.8) is 0 Å². The molecule has 192 valence electrons. The molecule has 3 aromatic heterocycles. The Morgan fingerprint density at radius 1 is 1.19 bits per heavy atom. The van der Waals surface area contributed by atoms with Crippen molar-refractivity contribution in [2.24, 2.45) is 0 Å². The first-order chi connectivity index (χ1) is 17.5. The molecular formula is C23H21F3N8O3. The lowest BCUT2D eigenvalue weighted by Crippen LogP contribution is -2.30. The maximum atomic E-state index is 13.5. The van der Waals surface area contributed by atoms with Gasteiger partial charge in [-0.15, -0.1) is 0 Å². The molecule has 0 bridgehead atoms. The molecule has 2 amide bonds. The summed E-state index contributed by atoms with van der Waals surface area (Å²) in [6, 6.07) is 3.28. The molecule has 11 nitrogen and oxygen atoms in total. The van der Waals surface area contributed by atoms with E-state index >= 15 is 0 Å². The van der Waals surface area contributed by atoms with Crippen LogP contribution in [0.2, 0.25) is 0 Å². The SMILES string of the molecule is C[C@@H](NC(=O)c1ncnc2c1CCC(=O)N2)c1cc(-c2nc3cc(N(C)C)c(C(F)(F)F)cc3[nH]2)no1. The Labute approximate surface area is 207 Å². The predicted molar refractivity (Wildman–Crippen MR) is 126 cm³/mol. The Bertz CT molecular complexity index is 1530. The van der Waals surface area contributed by atoms with Crippen molar-refractivity contribution in [2.45, 2.75) is 32.0 Å². The summed E-state index contributed by atoms with van der Waals surface area (Å²) in [5, 5.41) is 9.36. The van der Waals surface area contributed by atoms with Crippen LogP contribution in [0.15, 0.2) is 29.0 Å². The van der Waals surface area contributed by atoms with E-state index in [0.29, 0.717) is 29.1 Å². The average Bonchev–Trinajstić information content (AvgIpc) is 3.49. The second-order valence-electron chi connectivity index (χ2n) is 8.77. The molecule has 1 aliphatic heterocycles. The third kappa shape index (κ3) is 4.57. The number of benzene rings is 1. The van der Waals surface area contributed by atoms with Crippen molar-refractivity contribution < 1.29 is 27.3 Å². The number of rotatable bonds is 5. The molecule has 0 saturated heterocycles. The lowest BCUT2D eigenvalue weighted by Gasteiger charge is -2.19. The van der Waals surface area contributed by atoms with Crippen LogP contribution in [0, 0.1) is 0 Å². The Kier molecular flexibility index (Phi) is 5.80. The zero-order chi connectivity index (χ0) is 26.5. The van der Waals surface area contributed by atoms with Crippen LogP contribution in [0.1, 0.15) is 46.8 Å². The highest BCUT2D eigenvalue weighted by Crippen LogP contribution is 2.38. The Morgan fingerprint density at radius 2 is 1.97 bits per heavy atom. The number of H-pyrrole nitrogens is 1. The summed E-state index contributed by atoms with van der Waals surface area (Å²) >= 11 is 0. The van der Waals surface area contributed by atoms with Crippen LogP contribution in [0.5, 0.6) is 0 Å². The second-order valence-corrected chi connectivity index (χ2v) is 8.77. The highest BCUT2D eigenvalue weighted by molar-refractivity contribution is 5.99. The first-order valence-corrected chi connectivity index (χ1v) is 11.2. The number of carbonyl (C=O) groups is 2. The van der Waals surface area contributed by atoms with Crippen LogP contribution in [-0.2, 0) is 17.4 Å². The summed E-state index contributed by atoms with van der Waals surface area (Å²) < 4.78 is 46.0. The van der Waals surface area contributed by atoms with E-state index in [-0.39, 0.29) is 40.7 Å². The number of nitrogens with zero attached hydrogens (tertiary/aromatic N) is 5. The van der Waals surface area contributed by atoms with Crippen LogP contribution in [0.3, 0.4) is 0 Å². The number of hydrogen-bond acceptors (Lipinski definition) is 8. The second kappa shape index (κ2) is 8.87. The molecule has 1 atom stereocenters. The highest BCUT2D eigenvalue weighted by Gasteiger charge is 2.35. The molecule has 0 aliphatic carbocycles. The molecule has 1 aliphatic rings. The average molecular weight is 514 g/mol. The molecule has 14 heteroatoms. The van der Waals surface area contributed by atoms with E-state index < -0.39 is 23.7 Å². The van der Waals surface area contributed by atoms with Gasteiger partial charge in [0.05, 0.1) is 28.3 Å². The fourth-order valence-electron chi connectivity index (χ4n) is 4.09. The van der Waals surface area contributed by atoms with E-state index in [1.165, 1.54) is 37.5 Å². The van der Waals surface area contributed by atoms with Gasteiger partial charge in [0.25, 0.3) is 5.91 Å². The number of halogens is 3. The molecule has 0 fully saturated rings. The smallest absolute Gasteiger partial charge is 0.377 e. The number of aromatic nitrogens is 5. The number of carbonyl (C=O) groups excluding carboxylic acids is 2. The van der Waals surface area contributed by atoms with Gasteiger partial charge >= 0.3 is 6.18 Å². The van der Waals surface area contributed by atoms with Crippen LogP contribution < -0.4 is 15.5 Å². The summed E-state index contributed by atoms with van der Waals surface area (Å²) in [4.78, 5) is 41.2. The van der Waals surface area contributed by atoms with E-state index in [4.69, 9.17) is 4.52 Å². The van der Waals surface area contributed by atoms with Crippen LogP contribution in [0.25, 0.3) is 22.6 Å². The normalized spacial score (nSPS) is 14.3. The van der Waals surface area contributed by atoms with Gasteiger partial charge < -0.3 is 25.0 Å². The number of alkyl halides is 3. The number of nitrogens with one attached hydrogen (secondary N) is 3. The van der Waals surface area contributed by atoms with Gasteiger partial charge in [0, 0.05) is 32.1 Å². The number of fused-ring (bicyclic) bond motifs is 2. The highest BCUT2D eigenvalue weighted by atomic mass is 19.4. The lowest BCUT2D eigenvalue weighted by molar-refractivity contribution is -0.137. The third-order valence-electron chi connectivity index (χ3n) is 5.95. The third-order valence-corrected chi connectivity index (χ3v) is 5.95. The number of amides is 2. The van der Waals surface area contributed by atoms with Crippen LogP contribution >= 0.6 is 0 Å². The van der Waals surface area contributed by atoms with Crippen LogP contribution in [-0.4, -0.2) is 51.0 Å². The predicted octanol–water partition coefficient (Wildman–Crippen LogP) is 3.47. The van der Waals surface area contributed by atoms with Gasteiger partial charge in [0.2, 0.25) is 5.91 Å². The minimum Gasteiger partial charge on any atom is -0.377 e. The lowest BCUT2D eigenvalue weighted by atomic mass is 10.0. The first-order valence-electron chi connectivity index (χ1n) is 11.2. The molecule has 0 unspecified atom stereocenters. The van der Waals surface area contributed by atoms with Gasteiger partial charge in [-0.1, -0.05) is 5.16 Å². The molecule has 37 heavy (non-hydrogen) atoms. The van der Waals surface area contributed by atoms with Crippen molar-refractivity contribution in [2.75, 3.05) is 24.3 Å². The van der Waals surface area contributed by atoms with Crippen molar-refractivity contribution in [3.05, 3.63) is 47.1 Å². The summed E-state index contributed by atoms with van der Waals surface area (Å²) in [6.45, 7) is 1.68. The molecule has 3 N–H and O–H groups in total. The molecule has 4 aromatic rings. The van der Waals surface area contributed by atoms with E-state index in [0.717, 1.165) is 6.07 Å². The van der Waals surface area contributed by atoms with Crippen LogP contribution in [0.4, 0.5) is 24.7 Å². The molecule has 0 spiro atoms. The van der Waals surface area contributed by atoms with Crippen molar-refractivity contribution in [1.29, 1.82) is 0 Å². The zero-order valence-electron chi connectivity index (χ0n) is 19.9. The number of aromatic amines is 1. The molecule has 5 rings (SSSR count). The summed E-state index contributed by atoms with van der Waals surface area (Å²) in [7, 11) is 3.05. The Hall–Kier alpha value is -4.49. The van der Waals surface area contributed by atoms with Gasteiger partial charge in [-0.2, -0.15) is 13.2 Å². The maximum absolute atomic E-state index is 13.5. The number of anilines is 2. The van der Waals surface area contributed by atoms with E-state index in [1.807, 2.05) is 0 Å².